The summed E-state index contributed by atoms with van der Waals surface area (Å²) in [6.45, 7) is 0.480. The van der Waals surface area contributed by atoms with Gasteiger partial charge < -0.3 is 10.1 Å². The third-order valence-electron chi connectivity index (χ3n) is 2.85. The van der Waals surface area contributed by atoms with Crippen LogP contribution in [0.25, 0.3) is 0 Å². The fraction of sp³-hybridized carbons (Fsp3) is 0.133. The topological polar surface area (TPSA) is 45.0 Å². The Morgan fingerprint density at radius 2 is 2.15 bits per heavy atom. The first-order chi connectivity index (χ1) is 9.65. The maximum Gasteiger partial charge on any atom is 0.125 e. The van der Waals surface area contributed by atoms with E-state index >= 15 is 0 Å². The second kappa shape index (κ2) is 6.65. The number of ether oxygens (including phenoxy) is 1. The number of hydrogen-bond acceptors (Lipinski definition) is 3. The van der Waals surface area contributed by atoms with Crippen molar-refractivity contribution < 1.29 is 4.74 Å². The lowest BCUT2D eigenvalue weighted by Gasteiger charge is -2.13. The second-order valence-corrected chi connectivity index (χ2v) is 5.40. The summed E-state index contributed by atoms with van der Waals surface area (Å²) < 4.78 is 6.20. The van der Waals surface area contributed by atoms with Crippen LogP contribution in [0, 0.1) is 11.3 Å². The van der Waals surface area contributed by atoms with Gasteiger partial charge in [-0.25, -0.2) is 0 Å². The Morgan fingerprint density at radius 1 is 1.35 bits per heavy atom. The predicted octanol–water partition coefficient (Wildman–Crippen LogP) is 4.59. The molecule has 0 aliphatic rings. The number of methoxy groups -OCH3 is 1. The van der Waals surface area contributed by atoms with E-state index in [1.54, 1.807) is 13.2 Å². The van der Waals surface area contributed by atoms with E-state index in [-0.39, 0.29) is 0 Å². The molecule has 0 fully saturated rings. The molecule has 0 aliphatic carbocycles. The van der Waals surface area contributed by atoms with Gasteiger partial charge in [0.25, 0.3) is 0 Å². The van der Waals surface area contributed by atoms with Crippen molar-refractivity contribution in [1.29, 1.82) is 5.26 Å². The molecule has 2 rings (SSSR count). The van der Waals surface area contributed by atoms with Crippen molar-refractivity contribution in [2.24, 2.45) is 0 Å². The SMILES string of the molecule is COc1cccc(Cl)c1CNc1cc(Br)ccc1C#N. The molecule has 3 nitrogen and oxygen atoms in total. The summed E-state index contributed by atoms with van der Waals surface area (Å²) in [5, 5.41) is 13.0. The summed E-state index contributed by atoms with van der Waals surface area (Å²) in [6.07, 6.45) is 0. The highest BCUT2D eigenvalue weighted by Crippen LogP contribution is 2.28. The van der Waals surface area contributed by atoms with Crippen LogP contribution in [-0.4, -0.2) is 7.11 Å². The summed E-state index contributed by atoms with van der Waals surface area (Å²) in [6, 6.07) is 13.1. The Bertz CT molecular complexity index is 667. The van der Waals surface area contributed by atoms with Crippen molar-refractivity contribution in [2.75, 3.05) is 12.4 Å². The molecule has 0 amide bonds. The number of anilines is 1. The lowest BCUT2D eigenvalue weighted by molar-refractivity contribution is 0.410. The molecule has 1 N–H and O–H groups in total. The number of halogens is 2. The molecule has 5 heteroatoms. The first-order valence-electron chi connectivity index (χ1n) is 5.90. The average molecular weight is 352 g/mol. The molecular formula is C15H12BrClN2O. The van der Waals surface area contributed by atoms with Gasteiger partial charge in [-0.3, -0.25) is 0 Å². The molecule has 0 unspecified atom stereocenters. The highest BCUT2D eigenvalue weighted by molar-refractivity contribution is 9.10. The Balaban J connectivity index is 2.26. The van der Waals surface area contributed by atoms with Crippen LogP contribution < -0.4 is 10.1 Å². The highest BCUT2D eigenvalue weighted by Gasteiger charge is 2.09. The van der Waals surface area contributed by atoms with Gasteiger partial charge >= 0.3 is 0 Å². The zero-order chi connectivity index (χ0) is 14.5. The molecule has 0 bridgehead atoms. The van der Waals surface area contributed by atoms with Crippen molar-refractivity contribution in [1.82, 2.24) is 0 Å². The van der Waals surface area contributed by atoms with Gasteiger partial charge in [0.1, 0.15) is 11.8 Å². The number of nitrogens with zero attached hydrogens (tertiary/aromatic N) is 1. The molecule has 20 heavy (non-hydrogen) atoms. The minimum Gasteiger partial charge on any atom is -0.496 e. The van der Waals surface area contributed by atoms with Gasteiger partial charge in [0.2, 0.25) is 0 Å². The molecule has 0 heterocycles. The zero-order valence-electron chi connectivity index (χ0n) is 10.8. The monoisotopic (exact) mass is 350 g/mol. The van der Waals surface area contributed by atoms with Crippen LogP contribution >= 0.6 is 27.5 Å². The van der Waals surface area contributed by atoms with Gasteiger partial charge in [-0.05, 0) is 30.3 Å². The van der Waals surface area contributed by atoms with E-state index in [2.05, 4.69) is 27.3 Å². The molecule has 0 aliphatic heterocycles. The van der Waals surface area contributed by atoms with Crippen molar-refractivity contribution in [3.8, 4) is 11.8 Å². The smallest absolute Gasteiger partial charge is 0.125 e. The number of rotatable bonds is 4. The Hall–Kier alpha value is -1.70. The van der Waals surface area contributed by atoms with E-state index in [1.807, 2.05) is 30.3 Å². The van der Waals surface area contributed by atoms with Crippen LogP contribution in [0.3, 0.4) is 0 Å². The molecule has 102 valence electrons. The highest BCUT2D eigenvalue weighted by atomic mass is 79.9. The lowest BCUT2D eigenvalue weighted by atomic mass is 10.1. The van der Waals surface area contributed by atoms with Crippen molar-refractivity contribution in [3.63, 3.8) is 0 Å². The largest absolute Gasteiger partial charge is 0.496 e. The standard InChI is InChI=1S/C15H12BrClN2O/c1-20-15-4-2-3-13(17)12(15)9-19-14-7-11(16)6-5-10(14)8-18/h2-7,19H,9H2,1H3. The number of benzene rings is 2. The fourth-order valence-electron chi connectivity index (χ4n) is 1.85. The van der Waals surface area contributed by atoms with E-state index in [9.17, 15) is 0 Å². The molecule has 0 aromatic heterocycles. The molecule has 0 spiro atoms. The van der Waals surface area contributed by atoms with Gasteiger partial charge in [0, 0.05) is 21.6 Å². The Kier molecular flexibility index (Phi) is 4.89. The minimum atomic E-state index is 0.480. The van der Waals surface area contributed by atoms with Crippen molar-refractivity contribution in [3.05, 3.63) is 57.0 Å². The van der Waals surface area contributed by atoms with Gasteiger partial charge in [0.15, 0.2) is 0 Å². The Morgan fingerprint density at radius 3 is 2.85 bits per heavy atom. The van der Waals surface area contributed by atoms with E-state index in [0.29, 0.717) is 17.1 Å². The zero-order valence-corrected chi connectivity index (χ0v) is 13.1. The number of nitriles is 1. The molecule has 0 radical (unpaired) electrons. The maximum atomic E-state index is 9.11. The van der Waals surface area contributed by atoms with Crippen molar-refractivity contribution >= 4 is 33.2 Å². The van der Waals surface area contributed by atoms with Crippen LogP contribution in [0.15, 0.2) is 40.9 Å². The van der Waals surface area contributed by atoms with Crippen LogP contribution in [0.1, 0.15) is 11.1 Å². The third kappa shape index (κ3) is 3.24. The lowest BCUT2D eigenvalue weighted by Crippen LogP contribution is -2.04. The van der Waals surface area contributed by atoms with Gasteiger partial charge in [-0.2, -0.15) is 5.26 Å². The summed E-state index contributed by atoms with van der Waals surface area (Å²) in [5.74, 6) is 0.721. The molecular weight excluding hydrogens is 340 g/mol. The van der Waals surface area contributed by atoms with E-state index in [4.69, 9.17) is 21.6 Å². The normalized spacial score (nSPS) is 9.90. The quantitative estimate of drug-likeness (QED) is 0.876. The maximum absolute atomic E-state index is 9.11. The van der Waals surface area contributed by atoms with E-state index in [1.165, 1.54) is 0 Å². The average Bonchev–Trinajstić information content (AvgIpc) is 2.46. The predicted molar refractivity (Wildman–Crippen MR) is 84.2 cm³/mol. The summed E-state index contributed by atoms with van der Waals surface area (Å²) >= 11 is 9.58. The first-order valence-corrected chi connectivity index (χ1v) is 7.07. The fourth-order valence-corrected chi connectivity index (χ4v) is 2.44. The van der Waals surface area contributed by atoms with Gasteiger partial charge in [-0.1, -0.05) is 33.6 Å². The summed E-state index contributed by atoms with van der Waals surface area (Å²) in [4.78, 5) is 0. The van der Waals surface area contributed by atoms with Crippen LogP contribution in [0.5, 0.6) is 5.75 Å². The van der Waals surface area contributed by atoms with E-state index < -0.39 is 0 Å². The third-order valence-corrected chi connectivity index (χ3v) is 3.70. The van der Waals surface area contributed by atoms with Crippen LogP contribution in [0.2, 0.25) is 5.02 Å². The molecule has 2 aromatic carbocycles. The van der Waals surface area contributed by atoms with Crippen molar-refractivity contribution in [2.45, 2.75) is 6.54 Å². The summed E-state index contributed by atoms with van der Waals surface area (Å²) in [5.41, 5.74) is 2.20. The summed E-state index contributed by atoms with van der Waals surface area (Å²) in [7, 11) is 1.61. The molecule has 2 aromatic rings. The van der Waals surface area contributed by atoms with E-state index in [0.717, 1.165) is 21.5 Å². The molecule has 0 atom stereocenters. The number of nitrogens with one attached hydrogen (secondary N) is 1. The Labute approximate surface area is 131 Å². The minimum absolute atomic E-state index is 0.480. The van der Waals surface area contributed by atoms with Crippen LogP contribution in [-0.2, 0) is 6.54 Å². The second-order valence-electron chi connectivity index (χ2n) is 4.08. The first kappa shape index (κ1) is 14.7. The molecule has 0 saturated heterocycles. The number of hydrogen-bond donors (Lipinski definition) is 1. The van der Waals surface area contributed by atoms with Gasteiger partial charge in [0.05, 0.1) is 18.4 Å². The van der Waals surface area contributed by atoms with Crippen LogP contribution in [0.4, 0.5) is 5.69 Å². The van der Waals surface area contributed by atoms with Gasteiger partial charge in [-0.15, -0.1) is 0 Å². The molecule has 0 saturated carbocycles.